The van der Waals surface area contributed by atoms with E-state index in [0.29, 0.717) is 18.8 Å². The van der Waals surface area contributed by atoms with Gasteiger partial charge < -0.3 is 0 Å². The number of aromatic nitrogens is 2. The highest BCUT2D eigenvalue weighted by Gasteiger charge is 2.26. The van der Waals surface area contributed by atoms with E-state index in [1.807, 2.05) is 29.7 Å². The summed E-state index contributed by atoms with van der Waals surface area (Å²) >= 11 is 0. The Labute approximate surface area is 103 Å². The monoisotopic (exact) mass is 244 g/mol. The average Bonchev–Trinajstić information content (AvgIpc) is 2.72. The summed E-state index contributed by atoms with van der Waals surface area (Å²) in [5.41, 5.74) is 1.90. The van der Waals surface area contributed by atoms with E-state index >= 15 is 0 Å². The van der Waals surface area contributed by atoms with Gasteiger partial charge in [-0.3, -0.25) is 19.4 Å². The first-order valence-electron chi connectivity index (χ1n) is 5.70. The Bertz CT molecular complexity index is 647. The molecule has 6 nitrogen and oxygen atoms in total. The van der Waals surface area contributed by atoms with Crippen molar-refractivity contribution < 1.29 is 9.59 Å². The summed E-state index contributed by atoms with van der Waals surface area (Å²) in [7, 11) is 0. The van der Waals surface area contributed by atoms with E-state index in [2.05, 4.69) is 10.3 Å². The fourth-order valence-corrected chi connectivity index (χ4v) is 2.05. The van der Waals surface area contributed by atoms with Crippen LogP contribution in [-0.2, 0) is 4.79 Å². The van der Waals surface area contributed by atoms with Gasteiger partial charge in [0.1, 0.15) is 11.5 Å². The van der Waals surface area contributed by atoms with Gasteiger partial charge in [-0.1, -0.05) is 0 Å². The lowest BCUT2D eigenvalue weighted by atomic mass is 10.3. The van der Waals surface area contributed by atoms with Crippen LogP contribution in [0.3, 0.4) is 0 Å². The number of urea groups is 1. The van der Waals surface area contributed by atoms with Gasteiger partial charge in [0, 0.05) is 19.2 Å². The van der Waals surface area contributed by atoms with Crippen molar-refractivity contribution in [3.8, 4) is 0 Å². The zero-order chi connectivity index (χ0) is 12.7. The number of rotatable bonds is 1. The summed E-state index contributed by atoms with van der Waals surface area (Å²) in [5.74, 6) is 0.441. The molecule has 92 valence electrons. The predicted octanol–water partition coefficient (Wildman–Crippen LogP) is 1.09. The minimum Gasteiger partial charge on any atom is -0.286 e. The average molecular weight is 244 g/mol. The molecule has 2 aromatic rings. The van der Waals surface area contributed by atoms with Gasteiger partial charge in [-0.15, -0.1) is 0 Å². The number of fused-ring (bicyclic) bond motifs is 1. The van der Waals surface area contributed by atoms with Crippen molar-refractivity contribution in [1.82, 2.24) is 14.7 Å². The summed E-state index contributed by atoms with van der Waals surface area (Å²) in [6.45, 7) is 2.37. The van der Waals surface area contributed by atoms with Gasteiger partial charge in [0.05, 0.1) is 6.20 Å². The summed E-state index contributed by atoms with van der Waals surface area (Å²) < 4.78 is 1.84. The summed E-state index contributed by atoms with van der Waals surface area (Å²) in [6, 6.07) is 3.50. The van der Waals surface area contributed by atoms with Crippen molar-refractivity contribution in [3.63, 3.8) is 0 Å². The lowest BCUT2D eigenvalue weighted by molar-refractivity contribution is -0.120. The number of nitrogens with one attached hydrogen (secondary N) is 1. The van der Waals surface area contributed by atoms with E-state index in [-0.39, 0.29) is 5.91 Å². The zero-order valence-corrected chi connectivity index (χ0v) is 9.88. The number of imidazole rings is 1. The first-order valence-corrected chi connectivity index (χ1v) is 5.70. The molecule has 1 fully saturated rings. The van der Waals surface area contributed by atoms with Crippen LogP contribution in [-0.4, -0.2) is 27.9 Å². The van der Waals surface area contributed by atoms with Crippen molar-refractivity contribution >= 4 is 23.4 Å². The highest BCUT2D eigenvalue weighted by Crippen LogP contribution is 2.19. The van der Waals surface area contributed by atoms with Crippen LogP contribution in [0.4, 0.5) is 10.6 Å². The summed E-state index contributed by atoms with van der Waals surface area (Å²) in [5, 5.41) is 2.30. The van der Waals surface area contributed by atoms with Crippen LogP contribution in [0.25, 0.3) is 5.65 Å². The molecule has 6 heteroatoms. The molecule has 0 spiro atoms. The number of aryl methyl sites for hydroxylation is 1. The number of hydrogen-bond donors (Lipinski definition) is 1. The normalized spacial score (nSPS) is 16.2. The molecular weight excluding hydrogens is 232 g/mol. The van der Waals surface area contributed by atoms with Crippen molar-refractivity contribution in [2.45, 2.75) is 13.3 Å². The molecule has 0 unspecified atom stereocenters. The molecule has 0 aromatic carbocycles. The second-order valence-corrected chi connectivity index (χ2v) is 4.30. The highest BCUT2D eigenvalue weighted by molar-refractivity contribution is 6.05. The third-order valence-corrected chi connectivity index (χ3v) is 2.98. The van der Waals surface area contributed by atoms with Crippen molar-refractivity contribution in [3.05, 3.63) is 30.1 Å². The van der Waals surface area contributed by atoms with E-state index in [4.69, 9.17) is 0 Å². The molecule has 1 aliphatic rings. The first-order chi connectivity index (χ1) is 8.65. The molecule has 3 rings (SSSR count). The van der Waals surface area contributed by atoms with Gasteiger partial charge in [-0.2, -0.15) is 0 Å². The number of imide groups is 1. The second-order valence-electron chi connectivity index (χ2n) is 4.30. The van der Waals surface area contributed by atoms with Gasteiger partial charge in [0.25, 0.3) is 0 Å². The molecule has 0 radical (unpaired) electrons. The molecule has 1 saturated heterocycles. The first kappa shape index (κ1) is 10.8. The molecule has 1 aliphatic heterocycles. The number of hydrogen-bond acceptors (Lipinski definition) is 3. The Hall–Kier alpha value is -2.37. The maximum absolute atomic E-state index is 11.8. The van der Waals surface area contributed by atoms with Crippen LogP contribution in [0.2, 0.25) is 0 Å². The van der Waals surface area contributed by atoms with Gasteiger partial charge in [-0.05, 0) is 24.6 Å². The number of amides is 3. The largest absolute Gasteiger partial charge is 0.329 e. The molecule has 3 heterocycles. The Balaban J connectivity index is 2.04. The number of pyridine rings is 1. The standard InChI is InChI=1S/C12H12N4O2/c1-8-2-4-15-9(6-8)13-7-11(15)16-5-3-10(17)14-12(16)18/h2,4,6-7H,3,5H2,1H3,(H,14,17,18). The SMILES string of the molecule is Cc1ccn2c(N3CCC(=O)NC3=O)cnc2c1. The van der Waals surface area contributed by atoms with Gasteiger partial charge in [0.2, 0.25) is 5.91 Å². The van der Waals surface area contributed by atoms with Gasteiger partial charge >= 0.3 is 6.03 Å². The predicted molar refractivity (Wildman–Crippen MR) is 65.4 cm³/mol. The van der Waals surface area contributed by atoms with Crippen LogP contribution >= 0.6 is 0 Å². The molecule has 2 aromatic heterocycles. The minimum absolute atomic E-state index is 0.235. The maximum Gasteiger partial charge on any atom is 0.329 e. The molecule has 0 saturated carbocycles. The summed E-state index contributed by atoms with van der Waals surface area (Å²) in [4.78, 5) is 28.7. The second kappa shape index (κ2) is 3.83. The lowest BCUT2D eigenvalue weighted by Crippen LogP contribution is -2.50. The molecule has 1 N–H and O–H groups in total. The molecule has 0 aliphatic carbocycles. The molecule has 0 atom stereocenters. The fourth-order valence-electron chi connectivity index (χ4n) is 2.05. The third kappa shape index (κ3) is 1.62. The van der Waals surface area contributed by atoms with Crippen molar-refractivity contribution in [1.29, 1.82) is 0 Å². The van der Waals surface area contributed by atoms with E-state index in [0.717, 1.165) is 11.2 Å². The topological polar surface area (TPSA) is 66.7 Å². The van der Waals surface area contributed by atoms with Gasteiger partial charge in [0.15, 0.2) is 0 Å². The molecule has 0 bridgehead atoms. The van der Waals surface area contributed by atoms with Crippen LogP contribution < -0.4 is 10.2 Å². The Morgan fingerprint density at radius 2 is 2.22 bits per heavy atom. The maximum atomic E-state index is 11.8. The molecular formula is C12H12N4O2. The Kier molecular flexibility index (Phi) is 2.29. The zero-order valence-electron chi connectivity index (χ0n) is 9.88. The fraction of sp³-hybridized carbons (Fsp3) is 0.250. The minimum atomic E-state index is -0.395. The number of carbonyl (C=O) groups is 2. The van der Waals surface area contributed by atoms with E-state index in [9.17, 15) is 9.59 Å². The number of nitrogens with zero attached hydrogens (tertiary/aromatic N) is 3. The Morgan fingerprint density at radius 1 is 1.39 bits per heavy atom. The van der Waals surface area contributed by atoms with E-state index < -0.39 is 6.03 Å². The molecule has 3 amide bonds. The summed E-state index contributed by atoms with van der Waals surface area (Å²) in [6.07, 6.45) is 3.83. The highest BCUT2D eigenvalue weighted by atomic mass is 16.2. The van der Waals surface area contributed by atoms with Crippen LogP contribution in [0.15, 0.2) is 24.5 Å². The van der Waals surface area contributed by atoms with Crippen LogP contribution in [0.5, 0.6) is 0 Å². The van der Waals surface area contributed by atoms with Gasteiger partial charge in [-0.25, -0.2) is 9.78 Å². The van der Waals surface area contributed by atoms with E-state index in [1.165, 1.54) is 4.90 Å². The third-order valence-electron chi connectivity index (χ3n) is 2.98. The molecule has 18 heavy (non-hydrogen) atoms. The van der Waals surface area contributed by atoms with Crippen LogP contribution in [0, 0.1) is 6.92 Å². The quantitative estimate of drug-likeness (QED) is 0.816. The van der Waals surface area contributed by atoms with E-state index in [1.54, 1.807) is 6.20 Å². The van der Waals surface area contributed by atoms with Crippen LogP contribution in [0.1, 0.15) is 12.0 Å². The van der Waals surface area contributed by atoms with Crippen molar-refractivity contribution in [2.75, 3.05) is 11.4 Å². The lowest BCUT2D eigenvalue weighted by Gasteiger charge is -2.25. The number of carbonyl (C=O) groups excluding carboxylic acids is 2. The van der Waals surface area contributed by atoms with Crippen molar-refractivity contribution in [2.24, 2.45) is 0 Å². The Morgan fingerprint density at radius 3 is 3.00 bits per heavy atom. The number of anilines is 1. The smallest absolute Gasteiger partial charge is 0.286 e.